The average molecular weight is 304 g/mol. The number of hydrogen-bond acceptors (Lipinski definition) is 3. The van der Waals surface area contributed by atoms with Gasteiger partial charge in [-0.2, -0.15) is 0 Å². The Morgan fingerprint density at radius 3 is 2.37 bits per heavy atom. The molecule has 4 nitrogen and oxygen atoms in total. The van der Waals surface area contributed by atoms with Crippen LogP contribution in [0.5, 0.6) is 0 Å². The van der Waals surface area contributed by atoms with E-state index in [4.69, 9.17) is 23.2 Å². The van der Waals surface area contributed by atoms with Crippen molar-refractivity contribution in [3.8, 4) is 0 Å². The SMILES string of the molecule is COC(=O)C(CCl)N(Cc1ccccc1)C(=O)CCl. The summed E-state index contributed by atoms with van der Waals surface area (Å²) in [6.45, 7) is 0.263. The van der Waals surface area contributed by atoms with Gasteiger partial charge in [-0.15, -0.1) is 23.2 Å². The zero-order valence-corrected chi connectivity index (χ0v) is 12.0. The maximum absolute atomic E-state index is 11.9. The summed E-state index contributed by atoms with van der Waals surface area (Å²) in [6, 6.07) is 8.46. The van der Waals surface area contributed by atoms with Gasteiger partial charge in [-0.3, -0.25) is 4.79 Å². The molecule has 1 rings (SSSR count). The molecule has 0 aliphatic heterocycles. The van der Waals surface area contributed by atoms with Gasteiger partial charge in [0.05, 0.1) is 13.0 Å². The third-order valence-electron chi connectivity index (χ3n) is 2.63. The van der Waals surface area contributed by atoms with Crippen LogP contribution in [-0.2, 0) is 20.9 Å². The molecule has 1 atom stereocenters. The highest BCUT2D eigenvalue weighted by Crippen LogP contribution is 2.12. The molecule has 104 valence electrons. The van der Waals surface area contributed by atoms with Gasteiger partial charge in [0.2, 0.25) is 5.91 Å². The number of esters is 1. The molecule has 0 bridgehead atoms. The third kappa shape index (κ3) is 4.40. The van der Waals surface area contributed by atoms with E-state index in [9.17, 15) is 9.59 Å². The zero-order chi connectivity index (χ0) is 14.3. The molecule has 0 heterocycles. The van der Waals surface area contributed by atoms with Crippen LogP contribution in [0.25, 0.3) is 0 Å². The maximum atomic E-state index is 11.9. The fourth-order valence-corrected chi connectivity index (χ4v) is 2.08. The van der Waals surface area contributed by atoms with Crippen molar-refractivity contribution in [2.24, 2.45) is 0 Å². The molecule has 0 aliphatic carbocycles. The average Bonchev–Trinajstić information content (AvgIpc) is 2.46. The summed E-state index contributed by atoms with van der Waals surface area (Å²) in [5.41, 5.74) is 0.889. The van der Waals surface area contributed by atoms with Crippen molar-refractivity contribution in [2.45, 2.75) is 12.6 Å². The lowest BCUT2D eigenvalue weighted by atomic mass is 10.2. The summed E-state index contributed by atoms with van der Waals surface area (Å²) in [5, 5.41) is 0. The van der Waals surface area contributed by atoms with Crippen LogP contribution < -0.4 is 0 Å². The van der Waals surface area contributed by atoms with Crippen molar-refractivity contribution in [3.63, 3.8) is 0 Å². The molecule has 19 heavy (non-hydrogen) atoms. The Morgan fingerprint density at radius 2 is 1.89 bits per heavy atom. The summed E-state index contributed by atoms with van der Waals surface area (Å²) >= 11 is 11.3. The van der Waals surface area contributed by atoms with E-state index in [1.807, 2.05) is 30.3 Å². The van der Waals surface area contributed by atoms with Crippen LogP contribution >= 0.6 is 23.2 Å². The smallest absolute Gasteiger partial charge is 0.329 e. The Kier molecular flexibility index (Phi) is 6.67. The van der Waals surface area contributed by atoms with E-state index in [2.05, 4.69) is 4.74 Å². The largest absolute Gasteiger partial charge is 0.467 e. The van der Waals surface area contributed by atoms with E-state index in [0.29, 0.717) is 0 Å². The fraction of sp³-hybridized carbons (Fsp3) is 0.385. The Morgan fingerprint density at radius 1 is 1.26 bits per heavy atom. The first-order chi connectivity index (χ1) is 9.13. The van der Waals surface area contributed by atoms with Crippen LogP contribution in [0.3, 0.4) is 0 Å². The molecule has 1 aromatic rings. The van der Waals surface area contributed by atoms with Crippen LogP contribution in [0.15, 0.2) is 30.3 Å². The Balaban J connectivity index is 2.94. The van der Waals surface area contributed by atoms with Crippen LogP contribution in [-0.4, -0.2) is 41.7 Å². The number of ether oxygens (including phenoxy) is 1. The lowest BCUT2D eigenvalue weighted by Crippen LogP contribution is -2.46. The molecule has 0 N–H and O–H groups in total. The van der Waals surface area contributed by atoms with Crippen molar-refractivity contribution in [1.82, 2.24) is 4.90 Å². The standard InChI is InChI=1S/C13H15Cl2NO3/c1-19-13(18)11(7-14)16(12(17)8-15)9-10-5-3-2-4-6-10/h2-6,11H,7-9H2,1H3. The van der Waals surface area contributed by atoms with E-state index in [1.54, 1.807) is 0 Å². The minimum absolute atomic E-state index is 0.0395. The van der Waals surface area contributed by atoms with Crippen molar-refractivity contribution < 1.29 is 14.3 Å². The van der Waals surface area contributed by atoms with E-state index in [1.165, 1.54) is 12.0 Å². The number of benzene rings is 1. The predicted molar refractivity (Wildman–Crippen MR) is 74.2 cm³/mol. The molecule has 0 aliphatic rings. The van der Waals surface area contributed by atoms with E-state index < -0.39 is 12.0 Å². The number of nitrogens with zero attached hydrogens (tertiary/aromatic N) is 1. The molecule has 0 radical (unpaired) electrons. The van der Waals surface area contributed by atoms with Crippen molar-refractivity contribution >= 4 is 35.1 Å². The quantitative estimate of drug-likeness (QED) is 0.597. The topological polar surface area (TPSA) is 46.6 Å². The van der Waals surface area contributed by atoms with Gasteiger partial charge in [-0.05, 0) is 5.56 Å². The highest BCUT2D eigenvalue weighted by atomic mass is 35.5. The second-order valence-electron chi connectivity index (χ2n) is 3.83. The van der Waals surface area contributed by atoms with Gasteiger partial charge >= 0.3 is 5.97 Å². The van der Waals surface area contributed by atoms with Crippen LogP contribution in [0.4, 0.5) is 0 Å². The zero-order valence-electron chi connectivity index (χ0n) is 10.5. The number of halogens is 2. The Hall–Kier alpha value is -1.26. The number of methoxy groups -OCH3 is 1. The molecule has 0 aromatic heterocycles. The highest BCUT2D eigenvalue weighted by molar-refractivity contribution is 6.27. The first-order valence-electron chi connectivity index (χ1n) is 5.67. The lowest BCUT2D eigenvalue weighted by molar-refractivity contribution is -0.151. The summed E-state index contributed by atoms with van der Waals surface area (Å²) in [6.07, 6.45) is 0. The summed E-state index contributed by atoms with van der Waals surface area (Å²) < 4.78 is 4.66. The summed E-state index contributed by atoms with van der Waals surface area (Å²) in [7, 11) is 1.26. The molecule has 1 aromatic carbocycles. The van der Waals surface area contributed by atoms with Gasteiger partial charge in [0.25, 0.3) is 0 Å². The van der Waals surface area contributed by atoms with Gasteiger partial charge in [-0.25, -0.2) is 4.79 Å². The summed E-state index contributed by atoms with van der Waals surface area (Å²) in [5.74, 6) is -1.16. The molecule has 6 heteroatoms. The number of rotatable bonds is 6. The molecule has 1 unspecified atom stereocenters. The van der Waals surface area contributed by atoms with Gasteiger partial charge < -0.3 is 9.64 Å². The second-order valence-corrected chi connectivity index (χ2v) is 4.41. The number of carbonyl (C=O) groups is 2. The van der Waals surface area contributed by atoms with Crippen LogP contribution in [0.2, 0.25) is 0 Å². The minimum atomic E-state index is -0.835. The fourth-order valence-electron chi connectivity index (χ4n) is 1.64. The normalized spacial score (nSPS) is 11.7. The first kappa shape index (κ1) is 15.8. The maximum Gasteiger partial charge on any atom is 0.329 e. The van der Waals surface area contributed by atoms with E-state index in [-0.39, 0.29) is 24.2 Å². The van der Waals surface area contributed by atoms with Crippen molar-refractivity contribution in [3.05, 3.63) is 35.9 Å². The molecule has 0 saturated heterocycles. The number of alkyl halides is 2. The third-order valence-corrected chi connectivity index (χ3v) is 3.15. The van der Waals surface area contributed by atoms with Gasteiger partial charge in [0, 0.05) is 6.54 Å². The second kappa shape index (κ2) is 8.02. The minimum Gasteiger partial charge on any atom is -0.467 e. The van der Waals surface area contributed by atoms with Gasteiger partial charge in [0.15, 0.2) is 0 Å². The van der Waals surface area contributed by atoms with Crippen molar-refractivity contribution in [2.75, 3.05) is 18.9 Å². The summed E-state index contributed by atoms with van der Waals surface area (Å²) in [4.78, 5) is 24.9. The molecule has 1 amide bonds. The number of carbonyl (C=O) groups excluding carboxylic acids is 2. The molecular formula is C13H15Cl2NO3. The lowest BCUT2D eigenvalue weighted by Gasteiger charge is -2.28. The van der Waals surface area contributed by atoms with E-state index in [0.717, 1.165) is 5.56 Å². The van der Waals surface area contributed by atoms with Crippen LogP contribution in [0, 0.1) is 0 Å². The molecule has 0 fully saturated rings. The Bertz CT molecular complexity index is 425. The Labute approximate surface area is 122 Å². The number of amides is 1. The van der Waals surface area contributed by atoms with Gasteiger partial charge in [0.1, 0.15) is 11.9 Å². The number of hydrogen-bond donors (Lipinski definition) is 0. The predicted octanol–water partition coefficient (Wildman–Crippen LogP) is 2.03. The van der Waals surface area contributed by atoms with Gasteiger partial charge in [-0.1, -0.05) is 30.3 Å². The molecule has 0 saturated carbocycles. The first-order valence-corrected chi connectivity index (χ1v) is 6.74. The van der Waals surface area contributed by atoms with Crippen molar-refractivity contribution in [1.29, 1.82) is 0 Å². The van der Waals surface area contributed by atoms with E-state index >= 15 is 0 Å². The highest BCUT2D eigenvalue weighted by Gasteiger charge is 2.29. The monoisotopic (exact) mass is 303 g/mol. The molecule has 0 spiro atoms. The van der Waals surface area contributed by atoms with Crippen LogP contribution in [0.1, 0.15) is 5.56 Å². The molecular weight excluding hydrogens is 289 g/mol.